The van der Waals surface area contributed by atoms with Gasteiger partial charge >= 0.3 is 5.97 Å². The second-order valence-electron chi connectivity index (χ2n) is 7.37. The van der Waals surface area contributed by atoms with Gasteiger partial charge in [-0.2, -0.15) is 0 Å². The first-order chi connectivity index (χ1) is 14.1. The number of hydrogen-bond acceptors (Lipinski definition) is 5. The highest BCUT2D eigenvalue weighted by Crippen LogP contribution is 2.44. The molecule has 0 heterocycles. The lowest BCUT2D eigenvalue weighted by Crippen LogP contribution is -2.23. The van der Waals surface area contributed by atoms with E-state index in [1.54, 1.807) is 26.8 Å². The molecule has 0 atom stereocenters. The van der Waals surface area contributed by atoms with Crippen LogP contribution in [0, 0.1) is 13.8 Å². The molecular weight excluding hydrogens is 408 g/mol. The summed E-state index contributed by atoms with van der Waals surface area (Å²) in [5.74, 6) is -3.63. The summed E-state index contributed by atoms with van der Waals surface area (Å²) in [7, 11) is 0. The molecule has 1 aliphatic carbocycles. The lowest BCUT2D eigenvalue weighted by atomic mass is 9.78. The molecule has 3 aromatic carbocycles. The second-order valence-corrected chi connectivity index (χ2v) is 7.75. The van der Waals surface area contributed by atoms with Crippen LogP contribution in [0.3, 0.4) is 0 Å². The van der Waals surface area contributed by atoms with Gasteiger partial charge < -0.3 is 15.3 Å². The van der Waals surface area contributed by atoms with Gasteiger partial charge in [-0.3, -0.25) is 9.59 Å². The highest BCUT2D eigenvalue weighted by atomic mass is 35.5. The van der Waals surface area contributed by atoms with Crippen LogP contribution < -0.4 is 0 Å². The van der Waals surface area contributed by atoms with E-state index < -0.39 is 23.3 Å². The third kappa shape index (κ3) is 2.47. The molecule has 3 N–H and O–H groups in total. The Morgan fingerprint density at radius 2 is 1.67 bits per heavy atom. The van der Waals surface area contributed by atoms with Crippen molar-refractivity contribution in [1.29, 1.82) is 0 Å². The van der Waals surface area contributed by atoms with Gasteiger partial charge in [0.25, 0.3) is 0 Å². The van der Waals surface area contributed by atoms with E-state index in [1.165, 1.54) is 6.07 Å². The topological polar surface area (TPSA) is 112 Å². The lowest BCUT2D eigenvalue weighted by Gasteiger charge is -2.24. The Hall–Kier alpha value is -3.38. The van der Waals surface area contributed by atoms with Crippen LogP contribution in [-0.2, 0) is 6.42 Å². The van der Waals surface area contributed by atoms with Crippen molar-refractivity contribution in [3.05, 3.63) is 67.7 Å². The minimum atomic E-state index is -1.31. The van der Waals surface area contributed by atoms with Crippen LogP contribution in [0.25, 0.3) is 10.8 Å². The molecule has 1 aliphatic rings. The summed E-state index contributed by atoms with van der Waals surface area (Å²) in [5, 5.41) is 32.2. The SMILES string of the molecule is CCc1c(C(=O)O)cc2c(c1O)C(=O)c1c(O)cc3cc(C)c(Cl)c(C)c3c1C2=O. The maximum Gasteiger partial charge on any atom is 0.336 e. The Balaban J connectivity index is 2.18. The minimum absolute atomic E-state index is 0.0399. The summed E-state index contributed by atoms with van der Waals surface area (Å²) in [6.45, 7) is 5.13. The van der Waals surface area contributed by atoms with Gasteiger partial charge in [-0.05, 0) is 60.4 Å². The van der Waals surface area contributed by atoms with E-state index >= 15 is 0 Å². The van der Waals surface area contributed by atoms with Crippen molar-refractivity contribution in [2.24, 2.45) is 0 Å². The van der Waals surface area contributed by atoms with Gasteiger partial charge in [-0.1, -0.05) is 18.5 Å². The Morgan fingerprint density at radius 1 is 1.00 bits per heavy atom. The van der Waals surface area contributed by atoms with Crippen LogP contribution in [0.2, 0.25) is 5.02 Å². The summed E-state index contributed by atoms with van der Waals surface area (Å²) < 4.78 is 0. The molecule has 0 radical (unpaired) electrons. The molecule has 0 fully saturated rings. The Kier molecular flexibility index (Phi) is 4.36. The molecule has 3 aromatic rings. The van der Waals surface area contributed by atoms with Crippen molar-refractivity contribution in [3.63, 3.8) is 0 Å². The van der Waals surface area contributed by atoms with Crippen molar-refractivity contribution in [2.75, 3.05) is 0 Å². The van der Waals surface area contributed by atoms with Crippen LogP contribution in [0.4, 0.5) is 0 Å². The van der Waals surface area contributed by atoms with Gasteiger partial charge in [-0.25, -0.2) is 4.79 Å². The molecular formula is C23H17ClO6. The number of aryl methyl sites for hydroxylation is 2. The lowest BCUT2D eigenvalue weighted by molar-refractivity contribution is 0.0694. The average molecular weight is 425 g/mol. The van der Waals surface area contributed by atoms with Crippen LogP contribution in [0.5, 0.6) is 11.5 Å². The van der Waals surface area contributed by atoms with Crippen molar-refractivity contribution >= 4 is 39.9 Å². The van der Waals surface area contributed by atoms with Gasteiger partial charge in [0.15, 0.2) is 5.78 Å². The zero-order chi connectivity index (χ0) is 22.1. The van der Waals surface area contributed by atoms with E-state index in [4.69, 9.17) is 11.6 Å². The first-order valence-electron chi connectivity index (χ1n) is 9.26. The largest absolute Gasteiger partial charge is 0.507 e. The van der Waals surface area contributed by atoms with Gasteiger partial charge in [0.05, 0.1) is 16.7 Å². The number of carbonyl (C=O) groups excluding carboxylic acids is 2. The van der Waals surface area contributed by atoms with E-state index in [0.717, 1.165) is 11.6 Å². The number of phenolic OH excluding ortho intramolecular Hbond substituents is 2. The molecule has 0 bridgehead atoms. The number of carbonyl (C=O) groups is 3. The Bertz CT molecular complexity index is 1340. The molecule has 0 amide bonds. The normalized spacial score (nSPS) is 12.8. The molecule has 7 heteroatoms. The molecule has 152 valence electrons. The number of carboxylic acid groups (broad SMARTS) is 1. The summed E-state index contributed by atoms with van der Waals surface area (Å²) in [6, 6.07) is 4.22. The number of hydrogen-bond donors (Lipinski definition) is 3. The number of rotatable bonds is 2. The second kappa shape index (κ2) is 6.57. The molecule has 0 aliphatic heterocycles. The molecule has 0 unspecified atom stereocenters. The number of benzene rings is 3. The number of halogens is 1. The van der Waals surface area contributed by atoms with E-state index in [0.29, 0.717) is 21.4 Å². The van der Waals surface area contributed by atoms with Crippen LogP contribution in [-0.4, -0.2) is 32.9 Å². The van der Waals surface area contributed by atoms with E-state index in [2.05, 4.69) is 0 Å². The zero-order valence-electron chi connectivity index (χ0n) is 16.4. The van der Waals surface area contributed by atoms with Gasteiger partial charge in [-0.15, -0.1) is 0 Å². The number of ketones is 2. The number of aromatic hydroxyl groups is 2. The quantitative estimate of drug-likeness (QED) is 0.435. The summed E-state index contributed by atoms with van der Waals surface area (Å²) in [4.78, 5) is 38.5. The number of carboxylic acids is 1. The van der Waals surface area contributed by atoms with Crippen molar-refractivity contribution in [3.8, 4) is 11.5 Å². The molecule has 30 heavy (non-hydrogen) atoms. The maximum absolute atomic E-state index is 13.5. The third-order valence-electron chi connectivity index (χ3n) is 5.68. The standard InChI is InChI=1S/C23H17ClO6/c1-4-11-12(23(29)30)7-13-16(20(11)26)22(28)17-14(25)6-10-5-8(2)19(24)9(3)15(10)18(17)21(13)27/h5-7,25-26H,4H2,1-3H3,(H,29,30). The fourth-order valence-corrected chi connectivity index (χ4v) is 4.44. The summed E-state index contributed by atoms with van der Waals surface area (Å²) in [6.07, 6.45) is 0.146. The fraction of sp³-hybridized carbons (Fsp3) is 0.174. The van der Waals surface area contributed by atoms with Crippen LogP contribution in [0.15, 0.2) is 18.2 Å². The van der Waals surface area contributed by atoms with Crippen LogP contribution in [0.1, 0.15) is 65.8 Å². The molecule has 0 saturated carbocycles. The predicted octanol–water partition coefficient (Wildman–Crippen LogP) is 4.56. The fourth-order valence-electron chi connectivity index (χ4n) is 4.29. The average Bonchev–Trinajstić information content (AvgIpc) is 2.68. The van der Waals surface area contributed by atoms with Gasteiger partial charge in [0.1, 0.15) is 11.5 Å². The van der Waals surface area contributed by atoms with Crippen molar-refractivity contribution in [2.45, 2.75) is 27.2 Å². The number of fused-ring (bicyclic) bond motifs is 4. The molecule has 0 saturated heterocycles. The van der Waals surface area contributed by atoms with E-state index in [1.807, 2.05) is 0 Å². The molecule has 6 nitrogen and oxygen atoms in total. The summed E-state index contributed by atoms with van der Waals surface area (Å²) in [5.41, 5.74) is 0.372. The number of aromatic carboxylic acids is 1. The first kappa shape index (κ1) is 19.9. The predicted molar refractivity (Wildman–Crippen MR) is 111 cm³/mol. The Morgan fingerprint density at radius 3 is 2.27 bits per heavy atom. The first-order valence-corrected chi connectivity index (χ1v) is 9.64. The molecule has 0 aromatic heterocycles. The van der Waals surface area contributed by atoms with Gasteiger partial charge in [0.2, 0.25) is 5.78 Å². The Labute approximate surface area is 176 Å². The van der Waals surface area contributed by atoms with E-state index in [9.17, 15) is 29.7 Å². The van der Waals surface area contributed by atoms with Crippen molar-refractivity contribution < 1.29 is 29.7 Å². The number of phenols is 2. The monoisotopic (exact) mass is 424 g/mol. The smallest absolute Gasteiger partial charge is 0.336 e. The third-order valence-corrected chi connectivity index (χ3v) is 6.26. The molecule has 0 spiro atoms. The maximum atomic E-state index is 13.5. The zero-order valence-corrected chi connectivity index (χ0v) is 17.1. The summed E-state index contributed by atoms with van der Waals surface area (Å²) >= 11 is 6.38. The van der Waals surface area contributed by atoms with Crippen LogP contribution >= 0.6 is 11.6 Å². The highest BCUT2D eigenvalue weighted by molar-refractivity contribution is 6.37. The van der Waals surface area contributed by atoms with Gasteiger partial charge in [0, 0.05) is 21.7 Å². The molecule has 4 rings (SSSR count). The minimum Gasteiger partial charge on any atom is -0.507 e. The highest BCUT2D eigenvalue weighted by Gasteiger charge is 2.38. The van der Waals surface area contributed by atoms with E-state index in [-0.39, 0.29) is 45.6 Å². The van der Waals surface area contributed by atoms with Crippen molar-refractivity contribution in [1.82, 2.24) is 0 Å².